The quantitative estimate of drug-likeness (QED) is 0.781. The Morgan fingerprint density at radius 2 is 2.00 bits per heavy atom. The van der Waals surface area contributed by atoms with Crippen LogP contribution in [0.5, 0.6) is 5.75 Å². The molecule has 0 atom stereocenters. The van der Waals surface area contributed by atoms with E-state index < -0.39 is 0 Å². The minimum atomic E-state index is 0.626. The van der Waals surface area contributed by atoms with Gasteiger partial charge in [0.15, 0.2) is 0 Å². The normalized spacial score (nSPS) is 13.6. The molecular formula is C20H22N4O. The van der Waals surface area contributed by atoms with Gasteiger partial charge in [-0.1, -0.05) is 18.2 Å². The minimum Gasteiger partial charge on any atom is -0.492 e. The lowest BCUT2D eigenvalue weighted by Crippen LogP contribution is -2.08. The van der Waals surface area contributed by atoms with Crippen LogP contribution in [0.3, 0.4) is 0 Å². The van der Waals surface area contributed by atoms with Crippen LogP contribution in [-0.4, -0.2) is 27.9 Å². The molecule has 1 aliphatic rings. The highest BCUT2D eigenvalue weighted by Crippen LogP contribution is 2.35. The van der Waals surface area contributed by atoms with Crippen LogP contribution < -0.4 is 10.1 Å². The van der Waals surface area contributed by atoms with Gasteiger partial charge in [0.2, 0.25) is 0 Å². The first-order valence-corrected chi connectivity index (χ1v) is 8.88. The molecule has 0 unspecified atom stereocenters. The molecule has 0 spiro atoms. The van der Waals surface area contributed by atoms with Crippen molar-refractivity contribution in [2.75, 3.05) is 18.5 Å². The summed E-state index contributed by atoms with van der Waals surface area (Å²) < 4.78 is 7.81. The van der Waals surface area contributed by atoms with E-state index in [0.29, 0.717) is 6.61 Å². The van der Waals surface area contributed by atoms with Crippen molar-refractivity contribution in [3.63, 3.8) is 0 Å². The lowest BCUT2D eigenvalue weighted by atomic mass is 10.1. The second kappa shape index (κ2) is 6.97. The Morgan fingerprint density at radius 3 is 2.84 bits per heavy atom. The maximum atomic E-state index is 5.82. The summed E-state index contributed by atoms with van der Waals surface area (Å²) in [5.74, 6) is 1.90. The third kappa shape index (κ3) is 2.97. The van der Waals surface area contributed by atoms with E-state index in [1.54, 1.807) is 0 Å². The van der Waals surface area contributed by atoms with Crippen molar-refractivity contribution in [1.29, 1.82) is 0 Å². The summed E-state index contributed by atoms with van der Waals surface area (Å²) >= 11 is 0. The van der Waals surface area contributed by atoms with Gasteiger partial charge in [-0.25, -0.2) is 4.68 Å². The first-order chi connectivity index (χ1) is 12.4. The van der Waals surface area contributed by atoms with Crippen molar-refractivity contribution >= 4 is 5.82 Å². The SMILES string of the molecule is CCOc1ccccc1-n1nc(-c2ccccn2)c2c1NCCCC2. The third-order valence-electron chi connectivity index (χ3n) is 4.43. The van der Waals surface area contributed by atoms with E-state index in [9.17, 15) is 0 Å². The van der Waals surface area contributed by atoms with Gasteiger partial charge in [-0.3, -0.25) is 4.98 Å². The van der Waals surface area contributed by atoms with Crippen LogP contribution >= 0.6 is 0 Å². The van der Waals surface area contributed by atoms with Crippen molar-refractivity contribution in [2.45, 2.75) is 26.2 Å². The molecule has 0 fully saturated rings. The first-order valence-electron chi connectivity index (χ1n) is 8.88. The first kappa shape index (κ1) is 15.7. The Labute approximate surface area is 147 Å². The van der Waals surface area contributed by atoms with Crippen molar-refractivity contribution in [1.82, 2.24) is 14.8 Å². The average Bonchev–Trinajstić information content (AvgIpc) is 2.84. The van der Waals surface area contributed by atoms with Crippen molar-refractivity contribution < 1.29 is 4.74 Å². The van der Waals surface area contributed by atoms with E-state index in [1.807, 2.05) is 60.3 Å². The zero-order chi connectivity index (χ0) is 17.1. The number of hydrogen-bond acceptors (Lipinski definition) is 4. The van der Waals surface area contributed by atoms with E-state index in [4.69, 9.17) is 9.84 Å². The summed E-state index contributed by atoms with van der Waals surface area (Å²) in [6.07, 6.45) is 5.13. The molecule has 3 aromatic rings. The Balaban J connectivity index is 1.91. The molecule has 0 aliphatic carbocycles. The third-order valence-corrected chi connectivity index (χ3v) is 4.43. The Morgan fingerprint density at radius 1 is 1.12 bits per heavy atom. The number of pyridine rings is 1. The molecule has 5 heteroatoms. The highest BCUT2D eigenvalue weighted by atomic mass is 16.5. The van der Waals surface area contributed by atoms with Gasteiger partial charge in [0.25, 0.3) is 0 Å². The lowest BCUT2D eigenvalue weighted by molar-refractivity contribution is 0.338. The number of benzene rings is 1. The zero-order valence-corrected chi connectivity index (χ0v) is 14.4. The van der Waals surface area contributed by atoms with Crippen LogP contribution in [0, 0.1) is 0 Å². The predicted octanol–water partition coefficient (Wildman–Crippen LogP) is 4.08. The van der Waals surface area contributed by atoms with Gasteiger partial charge in [0.05, 0.1) is 12.3 Å². The molecule has 2 aromatic heterocycles. The van der Waals surface area contributed by atoms with Crippen LogP contribution in [0.15, 0.2) is 48.7 Å². The molecule has 0 saturated heterocycles. The molecule has 5 nitrogen and oxygen atoms in total. The van der Waals surface area contributed by atoms with Crippen LogP contribution in [0.2, 0.25) is 0 Å². The zero-order valence-electron chi connectivity index (χ0n) is 14.4. The topological polar surface area (TPSA) is 52.0 Å². The van der Waals surface area contributed by atoms with Gasteiger partial charge in [-0.15, -0.1) is 0 Å². The molecule has 25 heavy (non-hydrogen) atoms. The molecule has 1 aliphatic heterocycles. The van der Waals surface area contributed by atoms with E-state index in [-0.39, 0.29) is 0 Å². The number of rotatable bonds is 4. The molecule has 0 radical (unpaired) electrons. The summed E-state index contributed by atoms with van der Waals surface area (Å²) in [4.78, 5) is 4.52. The summed E-state index contributed by atoms with van der Waals surface area (Å²) in [6.45, 7) is 3.58. The second-order valence-corrected chi connectivity index (χ2v) is 6.09. The fourth-order valence-corrected chi connectivity index (χ4v) is 3.29. The van der Waals surface area contributed by atoms with Gasteiger partial charge in [-0.2, -0.15) is 5.10 Å². The molecule has 1 aromatic carbocycles. The number of nitrogens with zero attached hydrogens (tertiary/aromatic N) is 3. The maximum absolute atomic E-state index is 5.82. The Kier molecular flexibility index (Phi) is 4.37. The van der Waals surface area contributed by atoms with Gasteiger partial charge in [0, 0.05) is 18.3 Å². The molecule has 1 N–H and O–H groups in total. The van der Waals surface area contributed by atoms with Crippen molar-refractivity contribution in [2.24, 2.45) is 0 Å². The minimum absolute atomic E-state index is 0.626. The number of fused-ring (bicyclic) bond motifs is 1. The number of nitrogens with one attached hydrogen (secondary N) is 1. The molecule has 128 valence electrons. The van der Waals surface area contributed by atoms with Gasteiger partial charge < -0.3 is 10.1 Å². The van der Waals surface area contributed by atoms with E-state index in [0.717, 1.165) is 54.4 Å². The molecule has 0 amide bonds. The van der Waals surface area contributed by atoms with Crippen LogP contribution in [-0.2, 0) is 6.42 Å². The molecular weight excluding hydrogens is 312 g/mol. The predicted molar refractivity (Wildman–Crippen MR) is 99.4 cm³/mol. The maximum Gasteiger partial charge on any atom is 0.145 e. The summed E-state index contributed by atoms with van der Waals surface area (Å²) in [7, 11) is 0. The van der Waals surface area contributed by atoms with Crippen LogP contribution in [0.25, 0.3) is 17.1 Å². The van der Waals surface area contributed by atoms with E-state index in [1.165, 1.54) is 5.56 Å². The van der Waals surface area contributed by atoms with Gasteiger partial charge >= 0.3 is 0 Å². The summed E-state index contributed by atoms with van der Waals surface area (Å²) in [6, 6.07) is 14.0. The monoisotopic (exact) mass is 334 g/mol. The van der Waals surface area contributed by atoms with Gasteiger partial charge in [-0.05, 0) is 50.5 Å². The largest absolute Gasteiger partial charge is 0.492 e. The van der Waals surface area contributed by atoms with Crippen LogP contribution in [0.1, 0.15) is 25.3 Å². The highest BCUT2D eigenvalue weighted by molar-refractivity contribution is 5.69. The average molecular weight is 334 g/mol. The molecule has 3 heterocycles. The van der Waals surface area contributed by atoms with Crippen molar-refractivity contribution in [3.8, 4) is 22.8 Å². The Hall–Kier alpha value is -2.82. The fraction of sp³-hybridized carbons (Fsp3) is 0.300. The van der Waals surface area contributed by atoms with Gasteiger partial charge in [0.1, 0.15) is 22.9 Å². The number of hydrogen-bond donors (Lipinski definition) is 1. The van der Waals surface area contributed by atoms with Crippen LogP contribution in [0.4, 0.5) is 5.82 Å². The number of aromatic nitrogens is 3. The Bertz CT molecular complexity index is 857. The second-order valence-electron chi connectivity index (χ2n) is 6.09. The molecule has 0 bridgehead atoms. The smallest absolute Gasteiger partial charge is 0.145 e. The van der Waals surface area contributed by atoms with Crippen molar-refractivity contribution in [3.05, 3.63) is 54.2 Å². The lowest BCUT2D eigenvalue weighted by Gasteiger charge is -2.13. The fourth-order valence-electron chi connectivity index (χ4n) is 3.29. The number of ether oxygens (including phenoxy) is 1. The molecule has 0 saturated carbocycles. The van der Waals surface area contributed by atoms with E-state index >= 15 is 0 Å². The highest BCUT2D eigenvalue weighted by Gasteiger charge is 2.23. The number of anilines is 1. The number of para-hydroxylation sites is 2. The standard InChI is InChI=1S/C20H22N4O/c1-2-25-18-12-4-3-11-17(18)24-20-15(9-5-7-14-22-20)19(23-24)16-10-6-8-13-21-16/h3-4,6,8,10-13,22H,2,5,7,9,14H2,1H3. The summed E-state index contributed by atoms with van der Waals surface area (Å²) in [5, 5.41) is 8.50. The summed E-state index contributed by atoms with van der Waals surface area (Å²) in [5.41, 5.74) is 4.06. The molecule has 4 rings (SSSR count). The van der Waals surface area contributed by atoms with E-state index in [2.05, 4.69) is 10.3 Å².